The number of hydrogen-bond acceptors (Lipinski definition) is 4. The van der Waals surface area contributed by atoms with Crippen LogP contribution >= 0.6 is 0 Å². The summed E-state index contributed by atoms with van der Waals surface area (Å²) >= 11 is 0. The van der Waals surface area contributed by atoms with Gasteiger partial charge in [0, 0.05) is 58.3 Å². The highest BCUT2D eigenvalue weighted by molar-refractivity contribution is 6.09. The standard InChI is InChI=1S/C68H72N4O/c1-64(2,3)46-32-35-69-62(40-46)72-58-25-15-14-22-54(58)55-30-29-51(42-61(55)72)73-50-21-18-20-49(41-50)70-43-71(60-27-17-16-26-59(60)70)63-52(44-28-31-56-57(38-44)68(12,13)34-33-67(56,10)11)23-19-24-53(63)45-36-47(65(4,5)6)39-48(37-45)66(7,8)9/h14-32,35-42H,33-34,43H2,1-13H3/i4D3,5D3,6D3,36D,37D,39D. The Bertz CT molecular complexity index is 4100. The molecule has 0 N–H and O–H groups in total. The van der Waals surface area contributed by atoms with Crippen molar-refractivity contribution in [3.63, 3.8) is 0 Å². The maximum absolute atomic E-state index is 10.2. The van der Waals surface area contributed by atoms with E-state index in [4.69, 9.17) is 22.1 Å². The fourth-order valence-electron chi connectivity index (χ4n) is 10.9. The molecule has 0 spiro atoms. The Kier molecular flexibility index (Phi) is 8.49. The maximum atomic E-state index is 10.2. The fraction of sp³-hybridized carbons (Fsp3) is 0.309. The number of aromatic nitrogens is 2. The van der Waals surface area contributed by atoms with Crippen molar-refractivity contribution in [3.05, 3.63) is 192 Å². The molecule has 11 rings (SSSR count). The molecule has 0 saturated heterocycles. The molecule has 73 heavy (non-hydrogen) atoms. The minimum atomic E-state index is -3.78. The van der Waals surface area contributed by atoms with E-state index in [0.717, 1.165) is 68.7 Å². The Labute approximate surface area is 451 Å². The highest BCUT2D eigenvalue weighted by Gasteiger charge is 2.38. The van der Waals surface area contributed by atoms with E-state index in [0.29, 0.717) is 22.7 Å². The Morgan fingerprint density at radius 3 is 1.89 bits per heavy atom. The molecular formula is C68H72N4O. The van der Waals surface area contributed by atoms with Crippen molar-refractivity contribution in [1.29, 1.82) is 0 Å². The number of benzene rings is 7. The van der Waals surface area contributed by atoms with Crippen molar-refractivity contribution in [1.82, 2.24) is 9.55 Å². The van der Waals surface area contributed by atoms with Gasteiger partial charge in [0.2, 0.25) is 0 Å². The zero-order valence-electron chi connectivity index (χ0n) is 55.7. The van der Waals surface area contributed by atoms with E-state index in [-0.39, 0.29) is 45.6 Å². The summed E-state index contributed by atoms with van der Waals surface area (Å²) in [5.74, 6) is 1.99. The molecule has 0 amide bonds. The van der Waals surface area contributed by atoms with Gasteiger partial charge < -0.3 is 14.5 Å². The average molecular weight is 973 g/mol. The molecule has 0 bridgehead atoms. The van der Waals surface area contributed by atoms with Gasteiger partial charge in [-0.1, -0.05) is 181 Å². The minimum absolute atomic E-state index is 0.0861. The van der Waals surface area contributed by atoms with Gasteiger partial charge in [-0.05, 0) is 133 Å². The first-order chi connectivity index (χ1) is 39.6. The van der Waals surface area contributed by atoms with Gasteiger partial charge >= 0.3 is 0 Å². The van der Waals surface area contributed by atoms with Crippen molar-refractivity contribution in [3.8, 4) is 39.6 Å². The lowest BCUT2D eigenvalue weighted by Crippen LogP contribution is -2.33. The lowest BCUT2D eigenvalue weighted by atomic mass is 9.63. The van der Waals surface area contributed by atoms with Crippen LogP contribution in [0.3, 0.4) is 0 Å². The number of anilines is 4. The van der Waals surface area contributed by atoms with Crippen molar-refractivity contribution >= 4 is 44.6 Å². The summed E-state index contributed by atoms with van der Waals surface area (Å²) in [5.41, 5.74) is 3.66. The van der Waals surface area contributed by atoms with Gasteiger partial charge in [-0.3, -0.25) is 4.57 Å². The highest BCUT2D eigenvalue weighted by Crippen LogP contribution is 2.53. The second kappa shape index (κ2) is 17.3. The van der Waals surface area contributed by atoms with E-state index in [1.807, 2.05) is 85.1 Å². The van der Waals surface area contributed by atoms with Crippen molar-refractivity contribution in [2.45, 2.75) is 130 Å². The first-order valence-corrected chi connectivity index (χ1v) is 25.4. The molecule has 0 saturated carbocycles. The van der Waals surface area contributed by atoms with E-state index >= 15 is 0 Å². The summed E-state index contributed by atoms with van der Waals surface area (Å²) < 4.78 is 119. The maximum Gasteiger partial charge on any atom is 0.137 e. The van der Waals surface area contributed by atoms with Crippen molar-refractivity contribution < 1.29 is 21.2 Å². The lowest BCUT2D eigenvalue weighted by Gasteiger charge is -2.42. The number of fused-ring (bicyclic) bond motifs is 5. The number of para-hydroxylation sites is 4. The van der Waals surface area contributed by atoms with Crippen LogP contribution in [0.25, 0.3) is 49.9 Å². The van der Waals surface area contributed by atoms with Gasteiger partial charge in [-0.2, -0.15) is 0 Å². The second-order valence-electron chi connectivity index (χ2n) is 23.5. The van der Waals surface area contributed by atoms with Gasteiger partial charge in [-0.15, -0.1) is 0 Å². The smallest absolute Gasteiger partial charge is 0.137 e. The summed E-state index contributed by atoms with van der Waals surface area (Å²) in [4.78, 5) is 9.10. The van der Waals surface area contributed by atoms with Crippen LogP contribution in [0.15, 0.2) is 164 Å². The van der Waals surface area contributed by atoms with E-state index in [2.05, 4.69) is 111 Å². The van der Waals surface area contributed by atoms with Crippen molar-refractivity contribution in [2.24, 2.45) is 0 Å². The van der Waals surface area contributed by atoms with Gasteiger partial charge in [0.25, 0.3) is 0 Å². The molecule has 1 aliphatic carbocycles. The van der Waals surface area contributed by atoms with Crippen LogP contribution in [0.5, 0.6) is 11.5 Å². The predicted molar refractivity (Wildman–Crippen MR) is 309 cm³/mol. The highest BCUT2D eigenvalue weighted by atomic mass is 16.5. The molecule has 370 valence electrons. The summed E-state index contributed by atoms with van der Waals surface area (Å²) in [6.07, 6.45) is 3.81. The zero-order chi connectivity index (χ0) is 61.5. The molecule has 5 nitrogen and oxygen atoms in total. The molecule has 2 aliphatic rings. The van der Waals surface area contributed by atoms with Crippen LogP contribution in [0.2, 0.25) is 0 Å². The molecule has 1 aliphatic heterocycles. The fourth-order valence-corrected chi connectivity index (χ4v) is 10.9. The van der Waals surface area contributed by atoms with Crippen LogP contribution in [0.4, 0.5) is 22.7 Å². The average Bonchev–Trinajstić information content (AvgIpc) is 1.36. The van der Waals surface area contributed by atoms with Crippen LogP contribution in [-0.2, 0) is 27.1 Å². The lowest BCUT2D eigenvalue weighted by molar-refractivity contribution is 0.332. The van der Waals surface area contributed by atoms with Gasteiger partial charge in [0.05, 0.1) is 32.2 Å². The molecule has 2 aromatic heterocycles. The van der Waals surface area contributed by atoms with Crippen LogP contribution in [-0.4, -0.2) is 16.2 Å². The second-order valence-corrected chi connectivity index (χ2v) is 23.5. The zero-order valence-corrected chi connectivity index (χ0v) is 43.7. The Morgan fingerprint density at radius 2 is 1.16 bits per heavy atom. The third-order valence-corrected chi connectivity index (χ3v) is 15.2. The molecular weight excluding hydrogens is 889 g/mol. The van der Waals surface area contributed by atoms with E-state index < -0.39 is 49.0 Å². The van der Waals surface area contributed by atoms with E-state index in [1.54, 1.807) is 32.9 Å². The summed E-state index contributed by atoms with van der Waals surface area (Å²) in [6.45, 7) is 9.54. The molecule has 3 heterocycles. The van der Waals surface area contributed by atoms with Gasteiger partial charge in [0.15, 0.2) is 0 Å². The number of nitrogens with zero attached hydrogens (tertiary/aromatic N) is 4. The third-order valence-electron chi connectivity index (χ3n) is 15.2. The third kappa shape index (κ3) is 8.69. The SMILES string of the molecule is [2H]c1c(-c2cccc(-c3ccc4c(c3)C(C)(C)CCC4(C)C)c2N2CN(c3cccc(Oc4ccc5c6ccccc6n(-c6cc(C(C)(C)C)ccn6)c5c4)c3)c3ccccc32)c([2H])c(C(C([2H])([2H])[2H])(C([2H])([2H])[2H])C([2H])([2H])[2H])c([2H])c1C(C)(C)C. The Hall–Kier alpha value is -7.11. The normalized spacial score (nSPS) is 18.4. The van der Waals surface area contributed by atoms with Gasteiger partial charge in [-0.25, -0.2) is 4.98 Å². The summed E-state index contributed by atoms with van der Waals surface area (Å²) in [5, 5.41) is 2.14. The van der Waals surface area contributed by atoms with Crippen molar-refractivity contribution in [2.75, 3.05) is 16.5 Å². The number of pyridine rings is 1. The van der Waals surface area contributed by atoms with E-state index in [1.165, 1.54) is 11.1 Å². The van der Waals surface area contributed by atoms with Crippen LogP contribution in [0, 0.1) is 0 Å². The van der Waals surface area contributed by atoms with Crippen LogP contribution < -0.4 is 14.5 Å². The summed E-state index contributed by atoms with van der Waals surface area (Å²) in [6, 6.07) is 44.4. The Morgan fingerprint density at radius 1 is 0.534 bits per heavy atom. The molecule has 0 atom stereocenters. The quantitative estimate of drug-likeness (QED) is 0.159. The molecule has 0 fully saturated rings. The molecule has 5 heteroatoms. The number of rotatable bonds is 7. The minimum Gasteiger partial charge on any atom is -0.457 e. The molecule has 0 radical (unpaired) electrons. The largest absolute Gasteiger partial charge is 0.457 e. The predicted octanol–water partition coefficient (Wildman–Crippen LogP) is 18.8. The van der Waals surface area contributed by atoms with E-state index in [9.17, 15) is 4.11 Å². The first kappa shape index (κ1) is 35.9. The molecule has 7 aromatic carbocycles. The monoisotopic (exact) mass is 973 g/mol. The molecule has 9 aromatic rings. The number of hydrogen-bond donors (Lipinski definition) is 0. The Balaban J connectivity index is 1.11. The summed E-state index contributed by atoms with van der Waals surface area (Å²) in [7, 11) is 0. The number of ether oxygens (including phenoxy) is 1. The molecule has 0 unspecified atom stereocenters. The van der Waals surface area contributed by atoms with Gasteiger partial charge in [0.1, 0.15) is 24.0 Å². The topological polar surface area (TPSA) is 33.5 Å². The first-order valence-electron chi connectivity index (χ1n) is 31.4. The van der Waals surface area contributed by atoms with Crippen LogP contribution in [0.1, 0.15) is 147 Å².